The van der Waals surface area contributed by atoms with Crippen LogP contribution in [0.25, 0.3) is 0 Å². The molecule has 0 N–H and O–H groups in total. The highest BCUT2D eigenvalue weighted by Crippen LogP contribution is 2.24. The van der Waals surface area contributed by atoms with Crippen molar-refractivity contribution in [3.63, 3.8) is 0 Å². The van der Waals surface area contributed by atoms with E-state index >= 15 is 0 Å². The van der Waals surface area contributed by atoms with E-state index in [2.05, 4.69) is 32.9 Å². The molecule has 0 bridgehead atoms. The Hall–Kier alpha value is -0.900. The van der Waals surface area contributed by atoms with Gasteiger partial charge in [0.05, 0.1) is 19.8 Å². The third-order valence-corrected chi connectivity index (χ3v) is 3.49. The van der Waals surface area contributed by atoms with E-state index in [0.29, 0.717) is 25.7 Å². The Morgan fingerprint density at radius 2 is 1.89 bits per heavy atom. The van der Waals surface area contributed by atoms with Gasteiger partial charge in [-0.25, -0.2) is 0 Å². The van der Waals surface area contributed by atoms with Crippen molar-refractivity contribution >= 4 is 0 Å². The highest BCUT2D eigenvalue weighted by atomic mass is 16.7. The molecule has 1 fully saturated rings. The molecule has 0 amide bonds. The molecule has 3 nitrogen and oxygen atoms in total. The number of aryl methyl sites for hydroxylation is 1. The molecule has 0 saturated carbocycles. The molecule has 1 saturated heterocycles. The fourth-order valence-corrected chi connectivity index (χ4v) is 2.10. The monoisotopic (exact) mass is 264 g/mol. The van der Waals surface area contributed by atoms with Gasteiger partial charge in [-0.15, -0.1) is 0 Å². The van der Waals surface area contributed by atoms with Gasteiger partial charge < -0.3 is 14.2 Å². The third-order valence-electron chi connectivity index (χ3n) is 3.49. The first-order chi connectivity index (χ1) is 9.00. The van der Waals surface area contributed by atoms with Crippen LogP contribution in [0.5, 0.6) is 0 Å². The van der Waals surface area contributed by atoms with Crippen LogP contribution in [0.2, 0.25) is 0 Å². The lowest BCUT2D eigenvalue weighted by atomic mass is 10.1. The molecule has 1 heterocycles. The molecule has 1 aromatic carbocycles. The zero-order valence-corrected chi connectivity index (χ0v) is 12.3. The Morgan fingerprint density at radius 3 is 2.47 bits per heavy atom. The lowest BCUT2D eigenvalue weighted by Gasteiger charge is -2.38. The fraction of sp³-hybridized carbons (Fsp3) is 0.625. The van der Waals surface area contributed by atoms with Gasteiger partial charge >= 0.3 is 0 Å². The molecule has 0 aliphatic carbocycles. The van der Waals surface area contributed by atoms with Crippen molar-refractivity contribution in [2.24, 2.45) is 5.92 Å². The first-order valence-corrected chi connectivity index (χ1v) is 6.92. The Bertz CT molecular complexity index is 406. The van der Waals surface area contributed by atoms with Crippen molar-refractivity contribution in [2.45, 2.75) is 46.2 Å². The number of hydrogen-bond acceptors (Lipinski definition) is 3. The average Bonchev–Trinajstić information content (AvgIpc) is 2.38. The normalized spacial score (nSPS) is 27.7. The van der Waals surface area contributed by atoms with Crippen molar-refractivity contribution in [3.05, 3.63) is 35.4 Å². The highest BCUT2D eigenvalue weighted by Gasteiger charge is 2.34. The van der Waals surface area contributed by atoms with Crippen LogP contribution >= 0.6 is 0 Å². The van der Waals surface area contributed by atoms with Crippen LogP contribution < -0.4 is 0 Å². The van der Waals surface area contributed by atoms with Crippen molar-refractivity contribution in [1.29, 1.82) is 0 Å². The van der Waals surface area contributed by atoms with Gasteiger partial charge in [0.25, 0.3) is 0 Å². The number of rotatable bonds is 4. The zero-order valence-electron chi connectivity index (χ0n) is 12.3. The summed E-state index contributed by atoms with van der Waals surface area (Å²) in [5, 5.41) is 0. The topological polar surface area (TPSA) is 27.7 Å². The van der Waals surface area contributed by atoms with Crippen LogP contribution in [0.3, 0.4) is 0 Å². The molecule has 106 valence electrons. The average molecular weight is 264 g/mol. The van der Waals surface area contributed by atoms with Gasteiger partial charge in [-0.2, -0.15) is 0 Å². The minimum absolute atomic E-state index is 0.102. The first kappa shape index (κ1) is 14.5. The molecule has 1 aromatic rings. The molecule has 3 heteroatoms. The predicted octanol–water partition coefficient (Wildman–Crippen LogP) is 3.30. The van der Waals surface area contributed by atoms with Crippen LogP contribution in [0, 0.1) is 12.8 Å². The smallest absolute Gasteiger partial charge is 0.160 e. The molecule has 1 aliphatic rings. The second-order valence-electron chi connectivity index (χ2n) is 5.90. The number of benzene rings is 1. The Morgan fingerprint density at radius 1 is 1.26 bits per heavy atom. The number of ether oxygens (including phenoxy) is 3. The van der Waals surface area contributed by atoms with Crippen LogP contribution in [0.4, 0.5) is 0 Å². The molecule has 0 atom stereocenters. The van der Waals surface area contributed by atoms with Gasteiger partial charge in [-0.1, -0.05) is 38.1 Å². The highest BCUT2D eigenvalue weighted by molar-refractivity contribution is 5.24. The van der Waals surface area contributed by atoms with Gasteiger partial charge in [-0.05, 0) is 25.0 Å². The van der Waals surface area contributed by atoms with Gasteiger partial charge in [0.2, 0.25) is 0 Å². The fourth-order valence-electron chi connectivity index (χ4n) is 2.10. The lowest BCUT2D eigenvalue weighted by molar-refractivity contribution is -0.275. The summed E-state index contributed by atoms with van der Waals surface area (Å²) in [6, 6.07) is 8.28. The quantitative estimate of drug-likeness (QED) is 0.835. The molecule has 2 rings (SSSR count). The Balaban J connectivity index is 1.88. The Labute approximate surface area is 115 Å². The van der Waals surface area contributed by atoms with E-state index in [4.69, 9.17) is 14.2 Å². The van der Waals surface area contributed by atoms with Crippen LogP contribution in [-0.2, 0) is 20.8 Å². The van der Waals surface area contributed by atoms with E-state index < -0.39 is 0 Å². The summed E-state index contributed by atoms with van der Waals surface area (Å²) in [5.41, 5.74) is 2.12. The van der Waals surface area contributed by atoms with Crippen molar-refractivity contribution < 1.29 is 14.2 Å². The third kappa shape index (κ3) is 3.78. The first-order valence-electron chi connectivity index (χ1n) is 6.92. The standard InChI is InChI=1S/C16H24O3/c1-12(2)15-17-10-16(4,11-18-15)19-9-14-8-6-5-7-13(14)3/h5-8,12,15H,9-11H2,1-4H3. The maximum atomic E-state index is 6.02. The van der Waals surface area contributed by atoms with Gasteiger partial charge in [0.1, 0.15) is 5.60 Å². The summed E-state index contributed by atoms with van der Waals surface area (Å²) in [4.78, 5) is 0. The van der Waals surface area contributed by atoms with E-state index in [1.807, 2.05) is 19.1 Å². The van der Waals surface area contributed by atoms with E-state index in [9.17, 15) is 0 Å². The van der Waals surface area contributed by atoms with Gasteiger partial charge in [0.15, 0.2) is 6.29 Å². The molecule has 0 unspecified atom stereocenters. The summed E-state index contributed by atoms with van der Waals surface area (Å²) >= 11 is 0. The van der Waals surface area contributed by atoms with E-state index in [1.54, 1.807) is 0 Å². The predicted molar refractivity (Wildman–Crippen MR) is 74.9 cm³/mol. The van der Waals surface area contributed by atoms with Crippen molar-refractivity contribution in [1.82, 2.24) is 0 Å². The summed E-state index contributed by atoms with van der Waals surface area (Å²) in [6.45, 7) is 10.1. The van der Waals surface area contributed by atoms with Crippen molar-refractivity contribution in [3.8, 4) is 0 Å². The lowest BCUT2D eigenvalue weighted by Crippen LogP contribution is -2.48. The zero-order chi connectivity index (χ0) is 13.9. The maximum Gasteiger partial charge on any atom is 0.160 e. The van der Waals surface area contributed by atoms with E-state index in [0.717, 1.165) is 0 Å². The van der Waals surface area contributed by atoms with Gasteiger partial charge in [-0.3, -0.25) is 0 Å². The number of hydrogen-bond donors (Lipinski definition) is 0. The minimum Gasteiger partial charge on any atom is -0.366 e. The Kier molecular flexibility index (Phi) is 4.61. The van der Waals surface area contributed by atoms with E-state index in [1.165, 1.54) is 11.1 Å². The van der Waals surface area contributed by atoms with Crippen LogP contribution in [-0.4, -0.2) is 25.1 Å². The summed E-state index contributed by atoms with van der Waals surface area (Å²) in [7, 11) is 0. The largest absolute Gasteiger partial charge is 0.366 e. The summed E-state index contributed by atoms with van der Waals surface area (Å²) in [5.74, 6) is 0.376. The second kappa shape index (κ2) is 6.04. The second-order valence-corrected chi connectivity index (χ2v) is 5.90. The van der Waals surface area contributed by atoms with Crippen LogP contribution in [0.15, 0.2) is 24.3 Å². The van der Waals surface area contributed by atoms with Crippen molar-refractivity contribution in [2.75, 3.05) is 13.2 Å². The molecular formula is C16H24O3. The maximum absolute atomic E-state index is 6.02. The molecule has 0 aromatic heterocycles. The summed E-state index contributed by atoms with van der Waals surface area (Å²) < 4.78 is 17.5. The molecule has 0 spiro atoms. The SMILES string of the molecule is Cc1ccccc1COC1(C)COC(C(C)C)OC1. The van der Waals surface area contributed by atoms with E-state index in [-0.39, 0.29) is 11.9 Å². The molecule has 0 radical (unpaired) electrons. The summed E-state index contributed by atoms with van der Waals surface area (Å²) in [6.07, 6.45) is -0.102. The molecule has 19 heavy (non-hydrogen) atoms. The van der Waals surface area contributed by atoms with Gasteiger partial charge in [0, 0.05) is 5.92 Å². The minimum atomic E-state index is -0.354. The van der Waals surface area contributed by atoms with Crippen LogP contribution in [0.1, 0.15) is 31.9 Å². The molecule has 1 aliphatic heterocycles. The molecular weight excluding hydrogens is 240 g/mol.